The molecule has 1 aliphatic carbocycles. The van der Waals surface area contributed by atoms with Gasteiger partial charge in [-0.05, 0) is 17.0 Å². The molecule has 2 atom stereocenters. The van der Waals surface area contributed by atoms with Gasteiger partial charge in [-0.3, -0.25) is 0 Å². The highest BCUT2D eigenvalue weighted by Crippen LogP contribution is 2.52. The lowest BCUT2D eigenvalue weighted by Gasteiger charge is -2.27. The number of hydrogen-bond donors (Lipinski definition) is 0. The van der Waals surface area contributed by atoms with Crippen LogP contribution in [0.3, 0.4) is 0 Å². The Morgan fingerprint density at radius 3 is 1.63 bits per heavy atom. The molecule has 0 saturated carbocycles. The third-order valence-electron chi connectivity index (χ3n) is 6.77. The fourth-order valence-corrected chi connectivity index (χ4v) is 5.03. The summed E-state index contributed by atoms with van der Waals surface area (Å²) in [7, 11) is 0. The molecular formula is C27H6F16. The smallest absolute Gasteiger partial charge is 0.239 e. The fourth-order valence-electron chi connectivity index (χ4n) is 5.03. The van der Waals surface area contributed by atoms with E-state index >= 15 is 26.3 Å². The van der Waals surface area contributed by atoms with Crippen LogP contribution < -0.4 is 0 Å². The second-order valence-electron chi connectivity index (χ2n) is 9.07. The number of hydrogen-bond acceptors (Lipinski definition) is 0. The lowest BCUT2D eigenvalue weighted by molar-refractivity contribution is -0.143. The van der Waals surface area contributed by atoms with Crippen LogP contribution in [0.15, 0.2) is 41.8 Å². The molecule has 16 heteroatoms. The molecule has 43 heavy (non-hydrogen) atoms. The van der Waals surface area contributed by atoms with Crippen LogP contribution in [0.25, 0.3) is 32.7 Å². The second-order valence-corrected chi connectivity index (χ2v) is 9.07. The summed E-state index contributed by atoms with van der Waals surface area (Å²) in [6.45, 7) is 0. The van der Waals surface area contributed by atoms with Gasteiger partial charge < -0.3 is 0 Å². The molecule has 0 N–H and O–H groups in total. The summed E-state index contributed by atoms with van der Waals surface area (Å²) in [4.78, 5) is 0. The summed E-state index contributed by atoms with van der Waals surface area (Å²) in [6, 6.07) is 1.40. The number of alkyl halides is 4. The molecule has 226 valence electrons. The summed E-state index contributed by atoms with van der Waals surface area (Å²) in [5.74, 6) is -34.9. The zero-order valence-electron chi connectivity index (χ0n) is 20.0. The molecule has 5 rings (SSSR count). The van der Waals surface area contributed by atoms with Crippen molar-refractivity contribution in [3.63, 3.8) is 0 Å². The molecule has 0 spiro atoms. The Kier molecular flexibility index (Phi) is 6.97. The van der Waals surface area contributed by atoms with Gasteiger partial charge in [0.05, 0.1) is 11.5 Å². The van der Waals surface area contributed by atoms with Crippen molar-refractivity contribution in [3.8, 4) is 11.1 Å². The largest absolute Gasteiger partial charge is 0.422 e. The zero-order chi connectivity index (χ0) is 32.0. The van der Waals surface area contributed by atoms with Crippen molar-refractivity contribution >= 4 is 21.5 Å². The van der Waals surface area contributed by atoms with E-state index in [0.717, 1.165) is 0 Å². The molecule has 0 fully saturated rings. The predicted octanol–water partition coefficient (Wildman–Crippen LogP) is 10.4. The van der Waals surface area contributed by atoms with Crippen LogP contribution in [-0.4, -0.2) is 6.17 Å². The summed E-state index contributed by atoms with van der Waals surface area (Å²) in [6.07, 6.45) is -9.83. The van der Waals surface area contributed by atoms with Crippen LogP contribution in [0.4, 0.5) is 70.2 Å². The van der Waals surface area contributed by atoms with Crippen molar-refractivity contribution < 1.29 is 70.2 Å². The number of halogens is 16. The third kappa shape index (κ3) is 4.16. The number of benzene rings is 4. The first-order chi connectivity index (χ1) is 19.9. The monoisotopic (exact) mass is 634 g/mol. The Morgan fingerprint density at radius 2 is 1.09 bits per heavy atom. The first-order valence-electron chi connectivity index (χ1n) is 11.3. The highest BCUT2D eigenvalue weighted by Gasteiger charge is 2.45. The highest BCUT2D eigenvalue weighted by atomic mass is 19.4. The summed E-state index contributed by atoms with van der Waals surface area (Å²) < 4.78 is 233. The van der Waals surface area contributed by atoms with E-state index in [0.29, 0.717) is 18.2 Å². The lowest BCUT2D eigenvalue weighted by atomic mass is 9.79. The number of allylic oxidation sites excluding steroid dienone is 4. The molecule has 2 unspecified atom stereocenters. The minimum atomic E-state index is -6.09. The summed E-state index contributed by atoms with van der Waals surface area (Å²) in [5, 5.41) is -6.90. The van der Waals surface area contributed by atoms with Crippen LogP contribution in [0, 0.1) is 52.4 Å². The first kappa shape index (κ1) is 30.2. The summed E-state index contributed by atoms with van der Waals surface area (Å²) >= 11 is 0. The molecule has 0 saturated heterocycles. The molecule has 0 radical (unpaired) electrons. The van der Waals surface area contributed by atoms with Crippen molar-refractivity contribution in [3.05, 3.63) is 105 Å². The molecule has 0 heterocycles. The van der Waals surface area contributed by atoms with Gasteiger partial charge in [-0.25, -0.2) is 57.1 Å². The van der Waals surface area contributed by atoms with Crippen LogP contribution in [0.2, 0.25) is 0 Å². The van der Waals surface area contributed by atoms with E-state index in [1.54, 1.807) is 0 Å². The fraction of sp³-hybridized carbons (Fsp3) is 0.111. The number of fused-ring (bicyclic) bond motifs is 2. The van der Waals surface area contributed by atoms with Gasteiger partial charge in [-0.1, -0.05) is 12.1 Å². The second kappa shape index (κ2) is 9.91. The maximum absolute atomic E-state index is 15.4. The van der Waals surface area contributed by atoms with Gasteiger partial charge in [0.1, 0.15) is 23.0 Å². The third-order valence-corrected chi connectivity index (χ3v) is 6.77. The topological polar surface area (TPSA) is 0 Å². The van der Waals surface area contributed by atoms with Gasteiger partial charge in [-0.15, -0.1) is 0 Å². The Labute approximate surface area is 227 Å². The molecule has 0 amide bonds. The molecule has 1 aliphatic rings. The maximum Gasteiger partial charge on any atom is 0.422 e. The molecule has 0 aliphatic heterocycles. The SMILES string of the molecule is FC1=CC(F)=C(F)C(c2c3c(F)cccc3c(-c3c(F)c(F)c(C(F)(F)F)c(F)c3F)c3c(F)c(F)c(F)c(F)c23)C1F. The van der Waals surface area contributed by atoms with Crippen LogP contribution in [-0.2, 0) is 6.18 Å². The Balaban J connectivity index is 2.15. The Bertz CT molecular complexity index is 1920. The zero-order valence-corrected chi connectivity index (χ0v) is 20.0. The van der Waals surface area contributed by atoms with Gasteiger partial charge >= 0.3 is 6.18 Å². The molecule has 0 nitrogen and oxygen atoms in total. The van der Waals surface area contributed by atoms with Crippen LogP contribution >= 0.6 is 0 Å². The Hall–Kier alpha value is -4.24. The van der Waals surface area contributed by atoms with Gasteiger partial charge in [0.2, 0.25) is 0 Å². The van der Waals surface area contributed by atoms with E-state index in [1.165, 1.54) is 0 Å². The highest BCUT2D eigenvalue weighted by molar-refractivity contribution is 6.16. The average molecular weight is 634 g/mol. The van der Waals surface area contributed by atoms with Gasteiger partial charge in [0.25, 0.3) is 0 Å². The molecule has 0 aromatic heterocycles. The van der Waals surface area contributed by atoms with E-state index in [4.69, 9.17) is 0 Å². The standard InChI is InChI=1S/C27H6F16/c28-6-3-1-2-5-9(6)11(15-17(31)7(29)4-8(30)18(15)32)13-12(19(33)25(39)26(40)20(13)34)10(5)14-21(35)23(37)16(27(41,42)43)24(38)22(14)36/h1-4,15,17H. The first-order valence-corrected chi connectivity index (χ1v) is 11.3. The minimum absolute atomic E-state index is 0.332. The maximum atomic E-state index is 15.4. The van der Waals surface area contributed by atoms with E-state index < -0.39 is 132 Å². The molecule has 4 aromatic carbocycles. The quantitative estimate of drug-likeness (QED) is 0.0891. The number of rotatable bonds is 2. The van der Waals surface area contributed by atoms with E-state index in [1.807, 2.05) is 0 Å². The Morgan fingerprint density at radius 1 is 0.558 bits per heavy atom. The van der Waals surface area contributed by atoms with Crippen molar-refractivity contribution in [2.75, 3.05) is 0 Å². The molecule has 4 aromatic rings. The van der Waals surface area contributed by atoms with E-state index in [-0.39, 0.29) is 6.08 Å². The predicted molar refractivity (Wildman–Crippen MR) is 118 cm³/mol. The van der Waals surface area contributed by atoms with E-state index in [9.17, 15) is 43.9 Å². The lowest BCUT2D eigenvalue weighted by Crippen LogP contribution is -2.22. The van der Waals surface area contributed by atoms with Gasteiger partial charge in [0, 0.05) is 27.8 Å². The van der Waals surface area contributed by atoms with E-state index in [2.05, 4.69) is 0 Å². The average Bonchev–Trinajstić information content (AvgIpc) is 2.92. The van der Waals surface area contributed by atoms with Crippen LogP contribution in [0.5, 0.6) is 0 Å². The van der Waals surface area contributed by atoms with Crippen molar-refractivity contribution in [1.82, 2.24) is 0 Å². The van der Waals surface area contributed by atoms with Crippen molar-refractivity contribution in [2.24, 2.45) is 0 Å². The summed E-state index contributed by atoms with van der Waals surface area (Å²) in [5.41, 5.74) is -9.02. The van der Waals surface area contributed by atoms with Crippen LogP contribution in [0.1, 0.15) is 17.0 Å². The minimum Gasteiger partial charge on any atom is -0.239 e. The molecular weight excluding hydrogens is 628 g/mol. The van der Waals surface area contributed by atoms with Gasteiger partial charge in [0.15, 0.2) is 58.5 Å². The normalized spacial score (nSPS) is 17.8. The van der Waals surface area contributed by atoms with Crippen molar-refractivity contribution in [1.29, 1.82) is 0 Å². The van der Waals surface area contributed by atoms with Gasteiger partial charge in [-0.2, -0.15) is 13.2 Å². The van der Waals surface area contributed by atoms with Crippen molar-refractivity contribution in [2.45, 2.75) is 18.3 Å². The molecule has 0 bridgehead atoms.